The Kier molecular flexibility index (Phi) is 6.53. The first-order chi connectivity index (χ1) is 15.1. The topological polar surface area (TPSA) is 101 Å². The smallest absolute Gasteiger partial charge is 0.238 e. The molecule has 0 unspecified atom stereocenters. The highest BCUT2D eigenvalue weighted by molar-refractivity contribution is 7.89. The monoisotopic (exact) mass is 473 g/mol. The molecule has 0 spiro atoms. The molecule has 1 saturated heterocycles. The van der Waals surface area contributed by atoms with Gasteiger partial charge in [-0.05, 0) is 75.9 Å². The Balaban J connectivity index is 1.66. The number of hydrogen-bond donors (Lipinski definition) is 2. The van der Waals surface area contributed by atoms with Crippen LogP contribution >= 0.6 is 11.3 Å². The molecule has 172 valence electrons. The van der Waals surface area contributed by atoms with Crippen molar-refractivity contribution in [1.29, 1.82) is 0 Å². The number of fused-ring (bicyclic) bond motifs is 1. The average molecular weight is 474 g/mol. The number of sulfonamides is 1. The van der Waals surface area contributed by atoms with Crippen molar-refractivity contribution < 1.29 is 8.42 Å². The van der Waals surface area contributed by atoms with Crippen LogP contribution in [0.4, 0.5) is 5.82 Å². The highest BCUT2D eigenvalue weighted by atomic mass is 32.2. The fraction of sp³-hybridized carbons (Fsp3) is 0.478. The molecule has 0 radical (unpaired) electrons. The van der Waals surface area contributed by atoms with E-state index in [0.717, 1.165) is 53.0 Å². The third kappa shape index (κ3) is 4.96. The molecule has 4 rings (SSSR count). The van der Waals surface area contributed by atoms with Gasteiger partial charge in [0.15, 0.2) is 0 Å². The highest BCUT2D eigenvalue weighted by Gasteiger charge is 2.21. The van der Waals surface area contributed by atoms with Crippen LogP contribution in [0.5, 0.6) is 0 Å². The van der Waals surface area contributed by atoms with E-state index in [-0.39, 0.29) is 10.9 Å². The lowest BCUT2D eigenvalue weighted by molar-refractivity contribution is 0.181. The van der Waals surface area contributed by atoms with Crippen molar-refractivity contribution in [2.45, 2.75) is 58.0 Å². The zero-order chi connectivity index (χ0) is 23.0. The molecule has 1 aromatic carbocycles. The van der Waals surface area contributed by atoms with Crippen LogP contribution < -0.4 is 10.5 Å². The molecule has 1 atom stereocenters. The maximum atomic E-state index is 11.8. The molecule has 32 heavy (non-hydrogen) atoms. The maximum absolute atomic E-state index is 11.8. The van der Waals surface area contributed by atoms with Gasteiger partial charge in [0.1, 0.15) is 16.5 Å². The second kappa shape index (κ2) is 9.05. The minimum absolute atomic E-state index is 0.110. The summed E-state index contributed by atoms with van der Waals surface area (Å²) in [5.41, 5.74) is 2.01. The minimum atomic E-state index is -3.75. The molecule has 1 fully saturated rings. The molecule has 7 nitrogen and oxygen atoms in total. The SMILES string of the molecule is Cc1sc2nc(CN3CCC(C)CC3)nc(N[C@@H](C)c3cccc(S(N)(=O)=O)c3)c2c1C. The first kappa shape index (κ1) is 23.1. The number of nitrogens with two attached hydrogens (primary N) is 1. The third-order valence-corrected chi connectivity index (χ3v) is 8.37. The number of primary sulfonamides is 1. The van der Waals surface area contributed by atoms with E-state index in [0.29, 0.717) is 0 Å². The van der Waals surface area contributed by atoms with Gasteiger partial charge in [-0.15, -0.1) is 11.3 Å². The van der Waals surface area contributed by atoms with Crippen LogP contribution in [-0.2, 0) is 16.6 Å². The fourth-order valence-electron chi connectivity index (χ4n) is 4.14. The Hall–Kier alpha value is -2.07. The molecule has 3 heterocycles. The number of aromatic nitrogens is 2. The van der Waals surface area contributed by atoms with Gasteiger partial charge in [0.05, 0.1) is 22.9 Å². The van der Waals surface area contributed by atoms with Gasteiger partial charge in [0, 0.05) is 4.88 Å². The van der Waals surface area contributed by atoms with Crippen molar-refractivity contribution in [2.24, 2.45) is 11.1 Å². The van der Waals surface area contributed by atoms with Gasteiger partial charge < -0.3 is 5.32 Å². The second-order valence-electron chi connectivity index (χ2n) is 8.89. The molecule has 1 aliphatic heterocycles. The van der Waals surface area contributed by atoms with Crippen molar-refractivity contribution in [1.82, 2.24) is 14.9 Å². The lowest BCUT2D eigenvalue weighted by atomic mass is 9.99. The molecule has 2 aromatic heterocycles. The molecule has 9 heteroatoms. The number of aryl methyl sites for hydroxylation is 2. The molecule has 1 aliphatic rings. The first-order valence-electron chi connectivity index (χ1n) is 11.0. The van der Waals surface area contributed by atoms with Crippen molar-refractivity contribution in [3.8, 4) is 0 Å². The molecule has 0 aliphatic carbocycles. The van der Waals surface area contributed by atoms with Gasteiger partial charge in [-0.2, -0.15) is 0 Å². The number of rotatable bonds is 6. The number of thiophene rings is 1. The van der Waals surface area contributed by atoms with Crippen LogP contribution in [0, 0.1) is 19.8 Å². The number of nitrogens with zero attached hydrogens (tertiary/aromatic N) is 3. The Morgan fingerprint density at radius 3 is 2.66 bits per heavy atom. The van der Waals surface area contributed by atoms with E-state index < -0.39 is 10.0 Å². The van der Waals surface area contributed by atoms with Crippen LogP contribution in [0.1, 0.15) is 54.6 Å². The number of hydrogen-bond acceptors (Lipinski definition) is 7. The van der Waals surface area contributed by atoms with E-state index in [1.165, 1.54) is 29.3 Å². The van der Waals surface area contributed by atoms with Gasteiger partial charge in [-0.1, -0.05) is 19.1 Å². The first-order valence-corrected chi connectivity index (χ1v) is 13.4. The molecular formula is C23H31N5O2S2. The van der Waals surface area contributed by atoms with E-state index in [9.17, 15) is 8.42 Å². The number of likely N-dealkylation sites (tertiary alicyclic amines) is 1. The highest BCUT2D eigenvalue weighted by Crippen LogP contribution is 2.35. The zero-order valence-corrected chi connectivity index (χ0v) is 20.7. The summed E-state index contributed by atoms with van der Waals surface area (Å²) in [5, 5.41) is 9.88. The van der Waals surface area contributed by atoms with Gasteiger partial charge in [-0.3, -0.25) is 4.90 Å². The Bertz CT molecular complexity index is 1230. The number of anilines is 1. The molecular weight excluding hydrogens is 442 g/mol. The summed E-state index contributed by atoms with van der Waals surface area (Å²) in [7, 11) is -3.75. The minimum Gasteiger partial charge on any atom is -0.363 e. The fourth-order valence-corrected chi connectivity index (χ4v) is 5.76. The summed E-state index contributed by atoms with van der Waals surface area (Å²) >= 11 is 1.69. The number of benzene rings is 1. The summed E-state index contributed by atoms with van der Waals surface area (Å²) in [4.78, 5) is 14.6. The van der Waals surface area contributed by atoms with Crippen LogP contribution in [0.15, 0.2) is 29.2 Å². The van der Waals surface area contributed by atoms with Crippen molar-refractivity contribution >= 4 is 37.4 Å². The summed E-state index contributed by atoms with van der Waals surface area (Å²) in [5.74, 6) is 2.40. The van der Waals surface area contributed by atoms with Gasteiger partial charge >= 0.3 is 0 Å². The van der Waals surface area contributed by atoms with Gasteiger partial charge in [0.25, 0.3) is 0 Å². The summed E-state index contributed by atoms with van der Waals surface area (Å²) in [6.07, 6.45) is 2.42. The molecule has 0 bridgehead atoms. The Morgan fingerprint density at radius 1 is 1.25 bits per heavy atom. The third-order valence-electron chi connectivity index (χ3n) is 6.36. The zero-order valence-electron chi connectivity index (χ0n) is 19.1. The summed E-state index contributed by atoms with van der Waals surface area (Å²) < 4.78 is 23.6. The van der Waals surface area contributed by atoms with Crippen molar-refractivity contribution in [2.75, 3.05) is 18.4 Å². The van der Waals surface area contributed by atoms with E-state index in [4.69, 9.17) is 15.1 Å². The van der Waals surface area contributed by atoms with Gasteiger partial charge in [0.2, 0.25) is 10.0 Å². The summed E-state index contributed by atoms with van der Waals surface area (Å²) in [6, 6.07) is 6.58. The largest absolute Gasteiger partial charge is 0.363 e. The Morgan fingerprint density at radius 2 is 1.97 bits per heavy atom. The summed E-state index contributed by atoms with van der Waals surface area (Å²) in [6.45, 7) is 11.4. The van der Waals surface area contributed by atoms with Crippen LogP contribution in [-0.4, -0.2) is 36.4 Å². The Labute approximate surface area is 194 Å². The lowest BCUT2D eigenvalue weighted by Crippen LogP contribution is -2.33. The van der Waals surface area contributed by atoms with E-state index in [1.54, 1.807) is 23.5 Å². The molecule has 0 saturated carbocycles. The lowest BCUT2D eigenvalue weighted by Gasteiger charge is -2.29. The van der Waals surface area contributed by atoms with E-state index in [2.05, 4.69) is 31.0 Å². The number of piperidine rings is 1. The molecule has 3 aromatic rings. The predicted molar refractivity (Wildman–Crippen MR) is 130 cm³/mol. The molecule has 0 amide bonds. The average Bonchev–Trinajstić information content (AvgIpc) is 3.03. The van der Waals surface area contributed by atoms with Crippen LogP contribution in [0.3, 0.4) is 0 Å². The van der Waals surface area contributed by atoms with Crippen LogP contribution in [0.2, 0.25) is 0 Å². The predicted octanol–water partition coefficient (Wildman–Crippen LogP) is 4.36. The second-order valence-corrected chi connectivity index (χ2v) is 11.7. The maximum Gasteiger partial charge on any atom is 0.238 e. The quantitative estimate of drug-likeness (QED) is 0.552. The van der Waals surface area contributed by atoms with Crippen molar-refractivity contribution in [3.63, 3.8) is 0 Å². The standard InChI is InChI=1S/C23H31N5O2S2/c1-14-8-10-28(11-9-14)13-20-26-22(21-15(2)17(4)31-23(21)27-20)25-16(3)18-6-5-7-19(12-18)32(24,29)30/h5-7,12,14,16H,8-11,13H2,1-4H3,(H2,24,29,30)(H,25,26,27)/t16-/m0/s1. The van der Waals surface area contributed by atoms with Gasteiger partial charge in [-0.25, -0.2) is 23.5 Å². The number of nitrogens with one attached hydrogen (secondary N) is 1. The van der Waals surface area contributed by atoms with E-state index >= 15 is 0 Å². The normalized spacial score (nSPS) is 17.0. The van der Waals surface area contributed by atoms with Crippen molar-refractivity contribution in [3.05, 3.63) is 46.1 Å². The van der Waals surface area contributed by atoms with E-state index in [1.807, 2.05) is 13.0 Å². The molecule has 3 N–H and O–H groups in total. The van der Waals surface area contributed by atoms with Crippen LogP contribution in [0.25, 0.3) is 10.2 Å².